The molecule has 1 amide bonds. The van der Waals surface area contributed by atoms with Crippen molar-refractivity contribution in [2.24, 2.45) is 0 Å². The molecular formula is C15H16N2O2S. The van der Waals surface area contributed by atoms with Gasteiger partial charge in [0.1, 0.15) is 4.64 Å². The van der Waals surface area contributed by atoms with Crippen LogP contribution >= 0.6 is 12.2 Å². The number of nitrogens with one attached hydrogen (secondary N) is 2. The second kappa shape index (κ2) is 6.45. The second-order valence-electron chi connectivity index (χ2n) is 4.51. The Balaban J connectivity index is 2.00. The van der Waals surface area contributed by atoms with Crippen LogP contribution in [-0.2, 0) is 6.54 Å². The molecule has 1 aromatic carbocycles. The molecule has 3 N–H and O–H groups in total. The number of H-pyrrole nitrogens is 1. The summed E-state index contributed by atoms with van der Waals surface area (Å²) in [5.41, 5.74) is 2.28. The Hall–Kier alpha value is -1.98. The van der Waals surface area contributed by atoms with Crippen LogP contribution in [-0.4, -0.2) is 16.0 Å². The Labute approximate surface area is 122 Å². The van der Waals surface area contributed by atoms with Gasteiger partial charge in [-0.05, 0) is 30.2 Å². The summed E-state index contributed by atoms with van der Waals surface area (Å²) in [6.45, 7) is 2.14. The van der Waals surface area contributed by atoms with Gasteiger partial charge in [-0.3, -0.25) is 4.79 Å². The molecule has 4 nitrogen and oxygen atoms in total. The molecule has 0 saturated carbocycles. The lowest BCUT2D eigenvalue weighted by atomic mass is 10.1. The summed E-state index contributed by atoms with van der Waals surface area (Å²) in [6, 6.07) is 10.9. The van der Waals surface area contributed by atoms with E-state index in [0.29, 0.717) is 16.7 Å². The number of pyridine rings is 1. The fraction of sp³-hybridized carbons (Fsp3) is 0.200. The summed E-state index contributed by atoms with van der Waals surface area (Å²) in [6.07, 6.45) is 1.20. The average Bonchev–Trinajstić information content (AvgIpc) is 2.45. The van der Waals surface area contributed by atoms with E-state index in [4.69, 9.17) is 12.2 Å². The number of benzene rings is 1. The molecular weight excluding hydrogens is 272 g/mol. The lowest BCUT2D eigenvalue weighted by molar-refractivity contribution is 0.0950. The number of hydrogen-bond acceptors (Lipinski definition) is 3. The molecule has 0 fully saturated rings. The number of carbonyl (C=O) groups is 1. The number of amides is 1. The Morgan fingerprint density at radius 1 is 1.35 bits per heavy atom. The first-order valence-electron chi connectivity index (χ1n) is 6.30. The summed E-state index contributed by atoms with van der Waals surface area (Å²) in [4.78, 5) is 14.8. The third kappa shape index (κ3) is 3.53. The Kier molecular flexibility index (Phi) is 4.65. The molecule has 0 aliphatic heterocycles. The topological polar surface area (TPSA) is 65.1 Å². The summed E-state index contributed by atoms with van der Waals surface area (Å²) in [5, 5.41) is 12.2. The molecule has 2 aromatic rings. The fourth-order valence-corrected chi connectivity index (χ4v) is 2.02. The van der Waals surface area contributed by atoms with Crippen molar-refractivity contribution in [3.8, 4) is 0 Å². The minimum Gasteiger partial charge on any atom is -0.389 e. The molecule has 0 spiro atoms. The quantitative estimate of drug-likeness (QED) is 0.758. The van der Waals surface area contributed by atoms with Crippen LogP contribution in [0.2, 0.25) is 0 Å². The van der Waals surface area contributed by atoms with Gasteiger partial charge in [0, 0.05) is 12.7 Å². The number of hydrogen-bond donors (Lipinski definition) is 3. The number of aliphatic hydroxyl groups is 1. The van der Waals surface area contributed by atoms with Gasteiger partial charge >= 0.3 is 0 Å². The highest BCUT2D eigenvalue weighted by Crippen LogP contribution is 2.12. The Bertz CT molecular complexity index is 647. The van der Waals surface area contributed by atoms with Gasteiger partial charge in [-0.15, -0.1) is 0 Å². The SMILES string of the molecule is CC(O)c1ccc(CNC(=O)c2ccc[nH]c2=S)cc1. The minimum atomic E-state index is -0.485. The van der Waals surface area contributed by atoms with E-state index < -0.39 is 6.10 Å². The van der Waals surface area contributed by atoms with Crippen molar-refractivity contribution in [3.05, 3.63) is 63.9 Å². The van der Waals surface area contributed by atoms with E-state index in [1.165, 1.54) is 0 Å². The molecule has 0 saturated heterocycles. The van der Waals surface area contributed by atoms with Gasteiger partial charge in [0.15, 0.2) is 0 Å². The number of rotatable bonds is 4. The zero-order valence-electron chi connectivity index (χ0n) is 11.1. The van der Waals surface area contributed by atoms with Gasteiger partial charge in [-0.2, -0.15) is 0 Å². The zero-order chi connectivity index (χ0) is 14.5. The maximum atomic E-state index is 12.0. The summed E-state index contributed by atoms with van der Waals surface area (Å²) < 4.78 is 0.425. The summed E-state index contributed by atoms with van der Waals surface area (Å²) in [7, 11) is 0. The molecule has 0 radical (unpaired) electrons. The molecule has 2 rings (SSSR count). The van der Waals surface area contributed by atoms with Crippen molar-refractivity contribution in [2.45, 2.75) is 19.6 Å². The van der Waals surface area contributed by atoms with Gasteiger partial charge in [0.05, 0.1) is 11.7 Å². The molecule has 1 heterocycles. The number of aliphatic hydroxyl groups excluding tert-OH is 1. The van der Waals surface area contributed by atoms with E-state index >= 15 is 0 Å². The third-order valence-electron chi connectivity index (χ3n) is 2.98. The van der Waals surface area contributed by atoms with Gasteiger partial charge in [0.2, 0.25) is 0 Å². The van der Waals surface area contributed by atoms with Crippen molar-refractivity contribution in [2.75, 3.05) is 0 Å². The van der Waals surface area contributed by atoms with E-state index in [2.05, 4.69) is 10.3 Å². The van der Waals surface area contributed by atoms with E-state index in [0.717, 1.165) is 11.1 Å². The van der Waals surface area contributed by atoms with Crippen LogP contribution in [0, 0.1) is 4.64 Å². The Morgan fingerprint density at radius 3 is 2.65 bits per heavy atom. The molecule has 1 aromatic heterocycles. The van der Waals surface area contributed by atoms with E-state index in [1.807, 2.05) is 24.3 Å². The van der Waals surface area contributed by atoms with Crippen LogP contribution in [0.1, 0.15) is 34.5 Å². The third-order valence-corrected chi connectivity index (χ3v) is 3.32. The zero-order valence-corrected chi connectivity index (χ0v) is 11.9. The van der Waals surface area contributed by atoms with Crippen molar-refractivity contribution >= 4 is 18.1 Å². The van der Waals surface area contributed by atoms with E-state index in [-0.39, 0.29) is 5.91 Å². The van der Waals surface area contributed by atoms with E-state index in [9.17, 15) is 9.90 Å². The fourth-order valence-electron chi connectivity index (χ4n) is 1.79. The normalized spacial score (nSPS) is 11.9. The molecule has 1 atom stereocenters. The van der Waals surface area contributed by atoms with Crippen LogP contribution in [0.4, 0.5) is 0 Å². The lowest BCUT2D eigenvalue weighted by Gasteiger charge is -2.08. The summed E-state index contributed by atoms with van der Waals surface area (Å²) in [5.74, 6) is -0.202. The van der Waals surface area contributed by atoms with Gasteiger partial charge in [0.25, 0.3) is 5.91 Å². The smallest absolute Gasteiger partial charge is 0.254 e. The highest BCUT2D eigenvalue weighted by molar-refractivity contribution is 7.71. The van der Waals surface area contributed by atoms with Gasteiger partial charge in [-0.1, -0.05) is 36.5 Å². The molecule has 5 heteroatoms. The standard InChI is InChI=1S/C15H16N2O2S/c1-10(18)12-6-4-11(5-7-12)9-17-14(19)13-3-2-8-16-15(13)20/h2-8,10,18H,9H2,1H3,(H,16,20)(H,17,19). The number of carbonyl (C=O) groups excluding carboxylic acids is 1. The van der Waals surface area contributed by atoms with Crippen molar-refractivity contribution in [1.29, 1.82) is 0 Å². The highest BCUT2D eigenvalue weighted by atomic mass is 32.1. The molecule has 0 bridgehead atoms. The van der Waals surface area contributed by atoms with Crippen LogP contribution in [0.5, 0.6) is 0 Å². The van der Waals surface area contributed by atoms with E-state index in [1.54, 1.807) is 25.3 Å². The second-order valence-corrected chi connectivity index (χ2v) is 4.92. The molecule has 0 aliphatic carbocycles. The van der Waals surface area contributed by atoms with Crippen LogP contribution in [0.25, 0.3) is 0 Å². The maximum Gasteiger partial charge on any atom is 0.254 e. The molecule has 0 aliphatic rings. The maximum absolute atomic E-state index is 12.0. The molecule has 1 unspecified atom stereocenters. The van der Waals surface area contributed by atoms with Crippen molar-refractivity contribution < 1.29 is 9.90 Å². The predicted octanol–water partition coefficient (Wildman–Crippen LogP) is 2.73. The average molecular weight is 288 g/mol. The first kappa shape index (κ1) is 14.4. The van der Waals surface area contributed by atoms with Crippen LogP contribution < -0.4 is 5.32 Å². The van der Waals surface area contributed by atoms with Crippen molar-refractivity contribution in [1.82, 2.24) is 10.3 Å². The first-order valence-corrected chi connectivity index (χ1v) is 6.71. The predicted molar refractivity (Wildman–Crippen MR) is 79.9 cm³/mol. The van der Waals surface area contributed by atoms with Gasteiger partial charge < -0.3 is 15.4 Å². The monoisotopic (exact) mass is 288 g/mol. The molecule has 20 heavy (non-hydrogen) atoms. The number of aromatic amines is 1. The summed E-state index contributed by atoms with van der Waals surface area (Å²) >= 11 is 5.06. The van der Waals surface area contributed by atoms with Crippen LogP contribution in [0.15, 0.2) is 42.6 Å². The highest BCUT2D eigenvalue weighted by Gasteiger charge is 2.07. The molecule has 104 valence electrons. The first-order chi connectivity index (χ1) is 9.58. The minimum absolute atomic E-state index is 0.202. The largest absolute Gasteiger partial charge is 0.389 e. The van der Waals surface area contributed by atoms with Crippen LogP contribution in [0.3, 0.4) is 0 Å². The Morgan fingerprint density at radius 2 is 2.05 bits per heavy atom. The van der Waals surface area contributed by atoms with Crippen molar-refractivity contribution in [3.63, 3.8) is 0 Å². The lowest BCUT2D eigenvalue weighted by Crippen LogP contribution is -2.23. The number of aromatic nitrogens is 1. The van der Waals surface area contributed by atoms with Gasteiger partial charge in [-0.25, -0.2) is 0 Å².